The van der Waals surface area contributed by atoms with Gasteiger partial charge < -0.3 is 0 Å². The number of hydrogen-bond donors (Lipinski definition) is 0. The fraction of sp³-hybridized carbons (Fsp3) is 0.400. The molecule has 29 heavy (non-hydrogen) atoms. The Hall–Kier alpha value is -2.81. The molecule has 0 radical (unpaired) electrons. The summed E-state index contributed by atoms with van der Waals surface area (Å²) in [5.74, 6) is -0.709. The highest BCUT2D eigenvalue weighted by Crippen LogP contribution is 2.33. The maximum absolute atomic E-state index is 13.2. The van der Waals surface area contributed by atoms with Crippen molar-refractivity contribution in [2.45, 2.75) is 50.0 Å². The highest BCUT2D eigenvalue weighted by molar-refractivity contribution is 7.92. The first-order valence-corrected chi connectivity index (χ1v) is 10.8. The van der Waals surface area contributed by atoms with Crippen LogP contribution >= 0.6 is 0 Å². The highest BCUT2D eigenvalue weighted by atomic mass is 32.2. The normalized spacial score (nSPS) is 15.9. The zero-order valence-corrected chi connectivity index (χ0v) is 17.5. The quantitative estimate of drug-likeness (QED) is 0.454. The van der Waals surface area contributed by atoms with Crippen LogP contribution in [-0.2, 0) is 9.84 Å². The molecule has 2 rings (SSSR count). The summed E-state index contributed by atoms with van der Waals surface area (Å²) in [4.78, 5) is 20.6. The lowest BCUT2D eigenvalue weighted by Gasteiger charge is -2.28. The lowest BCUT2D eigenvalue weighted by atomic mass is 9.97. The van der Waals surface area contributed by atoms with Crippen LogP contribution < -0.4 is 0 Å². The molecule has 0 aliphatic carbocycles. The second kappa shape index (κ2) is 8.69. The number of nitro benzene ring substituents is 2. The van der Waals surface area contributed by atoms with Crippen LogP contribution in [0.1, 0.15) is 50.7 Å². The van der Waals surface area contributed by atoms with Crippen LogP contribution in [0.5, 0.6) is 0 Å². The maximum Gasteiger partial charge on any atom is 0.269 e. The molecule has 0 aromatic heterocycles. The molecule has 156 valence electrons. The molecule has 0 bridgehead atoms. The molecular formula is C20H24N2O6S. The largest absolute Gasteiger partial charge is 0.269 e. The zero-order valence-electron chi connectivity index (χ0n) is 16.7. The molecule has 2 aromatic carbocycles. The number of nitro groups is 2. The first-order valence-electron chi connectivity index (χ1n) is 9.18. The van der Waals surface area contributed by atoms with Gasteiger partial charge in [-0.3, -0.25) is 20.2 Å². The minimum atomic E-state index is -3.55. The molecule has 0 fully saturated rings. The van der Waals surface area contributed by atoms with Crippen molar-refractivity contribution in [1.29, 1.82) is 0 Å². The summed E-state index contributed by atoms with van der Waals surface area (Å²) in [5.41, 5.74) is 1.33. The molecule has 4 atom stereocenters. The van der Waals surface area contributed by atoms with Crippen LogP contribution in [0.4, 0.5) is 11.4 Å². The second-order valence-electron chi connectivity index (χ2n) is 7.27. The van der Waals surface area contributed by atoms with Gasteiger partial charge >= 0.3 is 0 Å². The summed E-state index contributed by atoms with van der Waals surface area (Å²) in [5, 5.41) is 20.2. The van der Waals surface area contributed by atoms with Gasteiger partial charge in [-0.2, -0.15) is 0 Å². The van der Waals surface area contributed by atoms with Gasteiger partial charge in [-0.05, 0) is 36.8 Å². The van der Waals surface area contributed by atoms with Crippen molar-refractivity contribution in [1.82, 2.24) is 0 Å². The van der Waals surface area contributed by atoms with Crippen LogP contribution in [-0.4, -0.2) is 28.8 Å². The predicted molar refractivity (Wildman–Crippen MR) is 111 cm³/mol. The second-order valence-corrected chi connectivity index (χ2v) is 9.94. The Kier molecular flexibility index (Phi) is 6.73. The molecule has 0 spiro atoms. The number of sulfone groups is 1. The van der Waals surface area contributed by atoms with E-state index in [1.807, 2.05) is 0 Å². The topological polar surface area (TPSA) is 120 Å². The van der Waals surface area contributed by atoms with Crippen molar-refractivity contribution < 1.29 is 18.3 Å². The van der Waals surface area contributed by atoms with Crippen molar-refractivity contribution in [3.63, 3.8) is 0 Å². The molecule has 2 unspecified atom stereocenters. The molecule has 0 saturated carbocycles. The van der Waals surface area contributed by atoms with Gasteiger partial charge in [0.15, 0.2) is 9.84 Å². The van der Waals surface area contributed by atoms with Gasteiger partial charge in [0.05, 0.1) is 20.3 Å². The Morgan fingerprint density at radius 3 is 1.17 bits per heavy atom. The summed E-state index contributed by atoms with van der Waals surface area (Å²) in [6.07, 6.45) is 0. The Morgan fingerprint density at radius 2 is 0.931 bits per heavy atom. The molecule has 0 amide bonds. The summed E-state index contributed by atoms with van der Waals surface area (Å²) < 4.78 is 26.4. The SMILES string of the molecule is CC(c1ccc([N+](=O)[O-])cc1)[C@H](C)S(=O)(=O)[C@@H](C)C(C)c1ccc([N+](=O)[O-])cc1. The third-order valence-corrected chi connectivity index (χ3v) is 8.59. The Labute approximate surface area is 169 Å². The van der Waals surface area contributed by atoms with E-state index in [0.29, 0.717) is 11.1 Å². The van der Waals surface area contributed by atoms with Gasteiger partial charge in [0.25, 0.3) is 11.4 Å². The number of nitrogens with zero attached hydrogens (tertiary/aromatic N) is 2. The third kappa shape index (κ3) is 4.79. The number of hydrogen-bond acceptors (Lipinski definition) is 6. The van der Waals surface area contributed by atoms with E-state index in [1.54, 1.807) is 52.0 Å². The van der Waals surface area contributed by atoms with E-state index in [2.05, 4.69) is 0 Å². The Bertz CT molecular complexity index is 911. The van der Waals surface area contributed by atoms with E-state index in [1.165, 1.54) is 24.3 Å². The highest BCUT2D eigenvalue weighted by Gasteiger charge is 2.35. The van der Waals surface area contributed by atoms with E-state index >= 15 is 0 Å². The van der Waals surface area contributed by atoms with Gasteiger partial charge in [-0.15, -0.1) is 0 Å². The summed E-state index contributed by atoms with van der Waals surface area (Å²) in [6.45, 7) is 6.85. The minimum Gasteiger partial charge on any atom is -0.258 e. The molecule has 0 saturated heterocycles. The van der Waals surface area contributed by atoms with Crippen LogP contribution in [0.25, 0.3) is 0 Å². The minimum absolute atomic E-state index is 0.0448. The van der Waals surface area contributed by atoms with Gasteiger partial charge in [0.1, 0.15) is 0 Å². The van der Waals surface area contributed by atoms with Crippen LogP contribution in [0.2, 0.25) is 0 Å². The van der Waals surface area contributed by atoms with Gasteiger partial charge in [-0.25, -0.2) is 8.42 Å². The third-order valence-electron chi connectivity index (χ3n) is 5.70. The molecule has 0 aliphatic rings. The first-order chi connectivity index (χ1) is 13.5. The number of non-ortho nitro benzene ring substituents is 2. The van der Waals surface area contributed by atoms with Gasteiger partial charge in [0, 0.05) is 24.3 Å². The molecule has 0 heterocycles. The van der Waals surface area contributed by atoms with E-state index in [9.17, 15) is 28.6 Å². The van der Waals surface area contributed by atoms with Crippen LogP contribution in [0.3, 0.4) is 0 Å². The fourth-order valence-corrected chi connectivity index (χ4v) is 5.38. The lowest BCUT2D eigenvalue weighted by Crippen LogP contribution is -2.34. The van der Waals surface area contributed by atoms with E-state index in [0.717, 1.165) is 0 Å². The van der Waals surface area contributed by atoms with Crippen molar-refractivity contribution in [2.24, 2.45) is 0 Å². The van der Waals surface area contributed by atoms with E-state index in [4.69, 9.17) is 0 Å². The standard InChI is InChI=1S/C20H24N2O6S/c1-13(17-5-9-19(10-6-17)21(23)24)15(3)29(27,28)16(4)14(2)18-7-11-20(12-8-18)22(25)26/h5-16H,1-4H3/t13?,14?,15-,16-/m0/s1. The summed E-state index contributed by atoms with van der Waals surface area (Å²) in [6, 6.07) is 11.8. The summed E-state index contributed by atoms with van der Waals surface area (Å²) >= 11 is 0. The number of rotatable bonds is 8. The Balaban J connectivity index is 2.22. The van der Waals surface area contributed by atoms with E-state index in [-0.39, 0.29) is 23.2 Å². The first kappa shape index (κ1) is 22.5. The van der Waals surface area contributed by atoms with Crippen molar-refractivity contribution in [2.75, 3.05) is 0 Å². The maximum atomic E-state index is 13.2. The molecular weight excluding hydrogens is 396 g/mol. The monoisotopic (exact) mass is 420 g/mol. The van der Waals surface area contributed by atoms with Crippen molar-refractivity contribution in [3.8, 4) is 0 Å². The van der Waals surface area contributed by atoms with Gasteiger partial charge in [-0.1, -0.05) is 38.1 Å². The fourth-order valence-electron chi connectivity index (χ4n) is 3.25. The average Bonchev–Trinajstić information content (AvgIpc) is 2.71. The van der Waals surface area contributed by atoms with Crippen molar-refractivity contribution in [3.05, 3.63) is 79.9 Å². The molecule has 8 nitrogen and oxygen atoms in total. The smallest absolute Gasteiger partial charge is 0.258 e. The average molecular weight is 420 g/mol. The van der Waals surface area contributed by atoms with E-state index < -0.39 is 30.2 Å². The predicted octanol–water partition coefficient (Wildman–Crippen LogP) is 4.60. The summed E-state index contributed by atoms with van der Waals surface area (Å²) in [7, 11) is -3.55. The van der Waals surface area contributed by atoms with Crippen LogP contribution in [0, 0.1) is 20.2 Å². The Morgan fingerprint density at radius 1 is 0.655 bits per heavy atom. The molecule has 2 aromatic rings. The van der Waals surface area contributed by atoms with Gasteiger partial charge in [0.2, 0.25) is 0 Å². The molecule has 9 heteroatoms. The lowest BCUT2D eigenvalue weighted by molar-refractivity contribution is -0.385. The van der Waals surface area contributed by atoms with Crippen LogP contribution in [0.15, 0.2) is 48.5 Å². The zero-order chi connectivity index (χ0) is 21.9. The molecule has 0 aliphatic heterocycles. The number of benzene rings is 2. The molecule has 0 N–H and O–H groups in total. The van der Waals surface area contributed by atoms with Crippen molar-refractivity contribution >= 4 is 21.2 Å².